The van der Waals surface area contributed by atoms with E-state index in [4.69, 9.17) is 10.8 Å². The number of benzene rings is 1. The molecule has 2 heterocycles. The number of para-hydroxylation sites is 1. The molecule has 184 valence electrons. The molecule has 7 nitrogen and oxygen atoms in total. The van der Waals surface area contributed by atoms with Crippen LogP contribution in [-0.4, -0.2) is 53.8 Å². The molecule has 1 aromatic heterocycles. The second kappa shape index (κ2) is 12.8. The van der Waals surface area contributed by atoms with Gasteiger partial charge in [-0.2, -0.15) is 5.10 Å². The second-order valence-electron chi connectivity index (χ2n) is 8.87. The molecule has 1 aromatic carbocycles. The van der Waals surface area contributed by atoms with Crippen molar-refractivity contribution in [1.82, 2.24) is 20.0 Å². The van der Waals surface area contributed by atoms with Gasteiger partial charge in [-0.15, -0.1) is 0 Å². The molecule has 3 rings (SSSR count). The largest absolute Gasteiger partial charge is 0.363 e. The lowest BCUT2D eigenvalue weighted by molar-refractivity contribution is 0.226. The molecule has 0 amide bonds. The highest BCUT2D eigenvalue weighted by Gasteiger charge is 2.29. The predicted molar refractivity (Wildman–Crippen MR) is 148 cm³/mol. The van der Waals surface area contributed by atoms with Crippen molar-refractivity contribution in [1.29, 1.82) is 0 Å². The maximum Gasteiger partial charge on any atom is 0.154 e. The summed E-state index contributed by atoms with van der Waals surface area (Å²) < 4.78 is 5.25. The molecule has 0 spiro atoms. The van der Waals surface area contributed by atoms with Crippen molar-refractivity contribution >= 4 is 42.1 Å². The summed E-state index contributed by atoms with van der Waals surface area (Å²) in [5.74, 6) is 0.759. The van der Waals surface area contributed by atoms with Crippen LogP contribution >= 0.6 is 11.9 Å². The first-order valence-electron chi connectivity index (χ1n) is 12.0. The SMILES string of the molecule is C=Nc1cc(C2CCCCN2C(=C)c2ccccc2NSC)nn1/C=C(/C)CCC(N)CNC. The van der Waals surface area contributed by atoms with E-state index in [1.807, 2.05) is 24.1 Å². The smallest absolute Gasteiger partial charge is 0.154 e. The molecule has 8 heteroatoms. The number of hydrogen-bond acceptors (Lipinski definition) is 7. The van der Waals surface area contributed by atoms with Gasteiger partial charge in [0.25, 0.3) is 0 Å². The molecule has 0 radical (unpaired) electrons. The first-order valence-corrected chi connectivity index (χ1v) is 13.2. The van der Waals surface area contributed by atoms with E-state index in [0.29, 0.717) is 0 Å². The fourth-order valence-corrected chi connectivity index (χ4v) is 4.88. The number of hydrogen-bond donors (Lipinski definition) is 3. The van der Waals surface area contributed by atoms with Crippen molar-refractivity contribution < 1.29 is 0 Å². The highest BCUT2D eigenvalue weighted by atomic mass is 32.2. The van der Waals surface area contributed by atoms with Crippen LogP contribution in [0.4, 0.5) is 11.5 Å². The van der Waals surface area contributed by atoms with Gasteiger partial charge in [0.15, 0.2) is 5.82 Å². The van der Waals surface area contributed by atoms with E-state index >= 15 is 0 Å². The maximum atomic E-state index is 6.14. The number of anilines is 1. The third-order valence-corrected chi connectivity index (χ3v) is 6.68. The molecule has 4 N–H and O–H groups in total. The zero-order valence-electron chi connectivity index (χ0n) is 20.8. The summed E-state index contributed by atoms with van der Waals surface area (Å²) in [6.45, 7) is 12.2. The van der Waals surface area contributed by atoms with Crippen LogP contribution in [0.25, 0.3) is 11.9 Å². The van der Waals surface area contributed by atoms with Gasteiger partial charge in [0, 0.05) is 48.9 Å². The Kier molecular flexibility index (Phi) is 9.80. The molecular formula is C26H39N7S. The Hall–Kier alpha value is -2.55. The third-order valence-electron chi connectivity index (χ3n) is 6.26. The van der Waals surface area contributed by atoms with Crippen molar-refractivity contribution in [2.45, 2.75) is 51.1 Å². The lowest BCUT2D eigenvalue weighted by Crippen LogP contribution is -2.32. The topological polar surface area (TPSA) is 83.5 Å². The summed E-state index contributed by atoms with van der Waals surface area (Å²) in [6, 6.07) is 10.7. The van der Waals surface area contributed by atoms with Crippen molar-refractivity contribution in [2.75, 3.05) is 31.1 Å². The fourth-order valence-electron chi connectivity index (χ4n) is 4.48. The van der Waals surface area contributed by atoms with Crippen molar-refractivity contribution in [3.63, 3.8) is 0 Å². The first-order chi connectivity index (χ1) is 16.5. The number of likely N-dealkylation sites (tertiary alicyclic amines) is 1. The van der Waals surface area contributed by atoms with Gasteiger partial charge in [-0.05, 0) is 58.9 Å². The number of aliphatic imine (C=N–C) groups is 1. The molecular weight excluding hydrogens is 442 g/mol. The predicted octanol–water partition coefficient (Wildman–Crippen LogP) is 5.29. The maximum absolute atomic E-state index is 6.14. The van der Waals surface area contributed by atoms with E-state index in [0.717, 1.165) is 67.2 Å². The number of allylic oxidation sites excluding steroid dienone is 1. The fraction of sp³-hybridized carbons (Fsp3) is 0.462. The van der Waals surface area contributed by atoms with Gasteiger partial charge in [0.2, 0.25) is 0 Å². The average Bonchev–Trinajstić information content (AvgIpc) is 3.25. The van der Waals surface area contributed by atoms with E-state index in [2.05, 4.69) is 70.6 Å². The Labute approximate surface area is 208 Å². The summed E-state index contributed by atoms with van der Waals surface area (Å²) in [4.78, 5) is 6.65. The number of aromatic nitrogens is 2. The molecule has 2 atom stereocenters. The highest BCUT2D eigenvalue weighted by molar-refractivity contribution is 7.99. The van der Waals surface area contributed by atoms with Crippen LogP contribution < -0.4 is 15.8 Å². The van der Waals surface area contributed by atoms with Crippen LogP contribution in [0.2, 0.25) is 0 Å². The van der Waals surface area contributed by atoms with E-state index in [9.17, 15) is 0 Å². The molecule has 2 unspecified atom stereocenters. The minimum atomic E-state index is 0.142. The second-order valence-corrected chi connectivity index (χ2v) is 9.48. The molecule has 1 aliphatic heterocycles. The van der Waals surface area contributed by atoms with E-state index in [1.54, 1.807) is 11.9 Å². The Morgan fingerprint density at radius 3 is 2.91 bits per heavy atom. The van der Waals surface area contributed by atoms with Crippen LogP contribution in [0.5, 0.6) is 0 Å². The highest BCUT2D eigenvalue weighted by Crippen LogP contribution is 2.39. The molecule has 1 saturated heterocycles. The summed E-state index contributed by atoms with van der Waals surface area (Å²) in [5.41, 5.74) is 11.6. The number of piperidine rings is 1. The Morgan fingerprint density at radius 2 is 2.18 bits per heavy atom. The van der Waals surface area contributed by atoms with Gasteiger partial charge in [0.1, 0.15) is 0 Å². The van der Waals surface area contributed by atoms with Crippen LogP contribution in [0, 0.1) is 0 Å². The zero-order chi connectivity index (χ0) is 24.5. The summed E-state index contributed by atoms with van der Waals surface area (Å²) in [5, 5.41) is 8.09. The molecule has 34 heavy (non-hydrogen) atoms. The summed E-state index contributed by atoms with van der Waals surface area (Å²) in [6.07, 6.45) is 9.27. The molecule has 0 saturated carbocycles. The molecule has 2 aromatic rings. The Bertz CT molecular complexity index is 997. The van der Waals surface area contributed by atoms with Gasteiger partial charge < -0.3 is 20.7 Å². The van der Waals surface area contributed by atoms with Crippen LogP contribution in [-0.2, 0) is 0 Å². The van der Waals surface area contributed by atoms with Crippen molar-refractivity contribution in [3.8, 4) is 0 Å². The molecule has 1 fully saturated rings. The van der Waals surface area contributed by atoms with E-state index < -0.39 is 0 Å². The van der Waals surface area contributed by atoms with Crippen LogP contribution in [0.15, 0.2) is 47.5 Å². The average molecular weight is 482 g/mol. The quantitative estimate of drug-likeness (QED) is 0.282. The third kappa shape index (κ3) is 6.52. The van der Waals surface area contributed by atoms with Gasteiger partial charge in [-0.1, -0.05) is 42.3 Å². The number of nitrogens with zero attached hydrogens (tertiary/aromatic N) is 4. The van der Waals surface area contributed by atoms with Gasteiger partial charge in [-0.25, -0.2) is 9.67 Å². The summed E-state index contributed by atoms with van der Waals surface area (Å²) >= 11 is 1.59. The minimum Gasteiger partial charge on any atom is -0.363 e. The molecule has 0 bridgehead atoms. The van der Waals surface area contributed by atoms with Crippen LogP contribution in [0.1, 0.15) is 56.3 Å². The lowest BCUT2D eigenvalue weighted by atomic mass is 9.97. The first kappa shape index (κ1) is 26.1. The normalized spacial score (nSPS) is 17.5. The van der Waals surface area contributed by atoms with E-state index in [1.165, 1.54) is 12.0 Å². The van der Waals surface area contributed by atoms with Gasteiger partial charge in [0.05, 0.1) is 17.4 Å². The molecule has 0 aliphatic carbocycles. The monoisotopic (exact) mass is 481 g/mol. The van der Waals surface area contributed by atoms with E-state index in [-0.39, 0.29) is 12.1 Å². The Balaban J connectivity index is 1.84. The zero-order valence-corrected chi connectivity index (χ0v) is 21.6. The molecule has 1 aliphatic rings. The lowest BCUT2D eigenvalue weighted by Gasteiger charge is -2.38. The number of rotatable bonds is 12. The van der Waals surface area contributed by atoms with Gasteiger partial charge in [-0.3, -0.25) is 0 Å². The van der Waals surface area contributed by atoms with Crippen LogP contribution in [0.3, 0.4) is 0 Å². The van der Waals surface area contributed by atoms with Gasteiger partial charge >= 0.3 is 0 Å². The Morgan fingerprint density at radius 1 is 1.38 bits per heavy atom. The summed E-state index contributed by atoms with van der Waals surface area (Å²) in [7, 11) is 1.93. The van der Waals surface area contributed by atoms with Crippen molar-refractivity contribution in [2.24, 2.45) is 10.7 Å². The number of likely N-dealkylation sites (N-methyl/N-ethyl adjacent to an activating group) is 1. The minimum absolute atomic E-state index is 0.142. The van der Waals surface area contributed by atoms with Crippen molar-refractivity contribution in [3.05, 3.63) is 53.7 Å². The standard InChI is InChI=1S/C26H39N7S/c1-19(13-14-21(27)17-28-3)18-33-26(29-4)16-24(30-33)25-12-8-9-15-32(25)20(2)22-10-6-7-11-23(22)31-34-5/h6-7,10-11,16,18,21,25,28,31H,2,4,8-9,12-15,17,27H2,1,3,5H3/b19-18-. The number of nitrogens with one attached hydrogen (secondary N) is 2. The number of nitrogens with two attached hydrogens (primary N) is 1.